The van der Waals surface area contributed by atoms with Crippen molar-refractivity contribution in [3.63, 3.8) is 0 Å². The minimum absolute atomic E-state index is 0.0144. The zero-order valence-electron chi connectivity index (χ0n) is 12.6. The number of nitrogens with two attached hydrogens (primary N) is 1. The number of nitrogen functional groups attached to an aromatic ring is 1. The highest BCUT2D eigenvalue weighted by atomic mass is 32.2. The molecule has 0 saturated carbocycles. The van der Waals surface area contributed by atoms with Crippen LogP contribution in [0.4, 0.5) is 5.82 Å². The highest BCUT2D eigenvalue weighted by molar-refractivity contribution is 7.85. The number of hydrogen-bond donors (Lipinski definition) is 3. The van der Waals surface area contributed by atoms with Gasteiger partial charge in [0.15, 0.2) is 5.82 Å². The normalized spacial score (nSPS) is 22.9. The maximum Gasteiger partial charge on any atom is 0.264 e. The number of aromatic nitrogens is 3. The smallest absolute Gasteiger partial charge is 0.264 e. The number of likely N-dealkylation sites (tertiary alicyclic amines) is 1. The summed E-state index contributed by atoms with van der Waals surface area (Å²) >= 11 is 0. The number of rotatable bonds is 5. The quantitative estimate of drug-likeness (QED) is 0.608. The first kappa shape index (κ1) is 16.1. The fourth-order valence-electron chi connectivity index (χ4n) is 2.82. The van der Waals surface area contributed by atoms with Gasteiger partial charge in [-0.3, -0.25) is 9.08 Å². The van der Waals surface area contributed by atoms with Crippen LogP contribution in [0.1, 0.15) is 5.56 Å². The van der Waals surface area contributed by atoms with Gasteiger partial charge in [-0.2, -0.15) is 8.42 Å². The van der Waals surface area contributed by atoms with Crippen LogP contribution >= 0.6 is 0 Å². The molecule has 1 saturated heterocycles. The molecule has 0 aromatic carbocycles. The van der Waals surface area contributed by atoms with Crippen LogP contribution in [0.25, 0.3) is 11.0 Å². The molecule has 0 bridgehead atoms. The van der Waals surface area contributed by atoms with Crippen molar-refractivity contribution in [1.29, 1.82) is 0 Å². The molecule has 0 unspecified atom stereocenters. The van der Waals surface area contributed by atoms with E-state index in [9.17, 15) is 13.5 Å². The Kier molecular flexibility index (Phi) is 4.23. The second-order valence-electron chi connectivity index (χ2n) is 5.81. The molecule has 1 aliphatic heterocycles. The molecule has 126 valence electrons. The van der Waals surface area contributed by atoms with E-state index in [1.54, 1.807) is 0 Å². The van der Waals surface area contributed by atoms with Gasteiger partial charge in [0, 0.05) is 37.3 Å². The Morgan fingerprint density at radius 3 is 3.00 bits per heavy atom. The maximum atomic E-state index is 11.1. The Labute approximate surface area is 133 Å². The lowest BCUT2D eigenvalue weighted by molar-refractivity contribution is 0.113. The lowest BCUT2D eigenvalue weighted by atomic mass is 10.1. The summed E-state index contributed by atoms with van der Waals surface area (Å²) < 4.78 is 26.9. The molecule has 2 aromatic heterocycles. The Morgan fingerprint density at radius 2 is 2.26 bits per heavy atom. The summed E-state index contributed by atoms with van der Waals surface area (Å²) in [6.07, 6.45) is 3.61. The summed E-state index contributed by atoms with van der Waals surface area (Å²) in [4.78, 5) is 13.3. The van der Waals surface area contributed by atoms with Crippen LogP contribution in [-0.4, -0.2) is 65.4 Å². The summed E-state index contributed by atoms with van der Waals surface area (Å²) in [5.74, 6) is 0.150. The molecular weight excluding hydrogens is 322 g/mol. The predicted octanol–water partition coefficient (Wildman–Crippen LogP) is -0.691. The van der Waals surface area contributed by atoms with Crippen molar-refractivity contribution in [2.24, 2.45) is 5.92 Å². The lowest BCUT2D eigenvalue weighted by Crippen LogP contribution is -2.24. The molecule has 3 rings (SSSR count). The topological polar surface area (TPSA) is 134 Å². The average Bonchev–Trinajstić information content (AvgIpc) is 3.02. The van der Waals surface area contributed by atoms with E-state index in [2.05, 4.69) is 15.0 Å². The first-order valence-electron chi connectivity index (χ1n) is 7.15. The second-order valence-corrected chi connectivity index (χ2v) is 7.45. The van der Waals surface area contributed by atoms with Gasteiger partial charge in [0.25, 0.3) is 10.1 Å². The van der Waals surface area contributed by atoms with E-state index in [-0.39, 0.29) is 12.5 Å². The molecule has 2 aromatic rings. The van der Waals surface area contributed by atoms with E-state index >= 15 is 0 Å². The number of anilines is 1. The molecule has 2 atom stereocenters. The van der Waals surface area contributed by atoms with Crippen LogP contribution in [0, 0.1) is 5.92 Å². The second kappa shape index (κ2) is 6.04. The molecule has 0 radical (unpaired) electrons. The van der Waals surface area contributed by atoms with Crippen LogP contribution in [0.3, 0.4) is 0 Å². The molecule has 1 fully saturated rings. The molecule has 10 heteroatoms. The minimum Gasteiger partial charge on any atom is -0.391 e. The van der Waals surface area contributed by atoms with E-state index in [4.69, 9.17) is 9.92 Å². The Morgan fingerprint density at radius 1 is 1.48 bits per heavy atom. The monoisotopic (exact) mass is 341 g/mol. The van der Waals surface area contributed by atoms with E-state index in [1.807, 2.05) is 11.1 Å². The van der Waals surface area contributed by atoms with Gasteiger partial charge in [-0.25, -0.2) is 9.97 Å². The largest absolute Gasteiger partial charge is 0.391 e. The van der Waals surface area contributed by atoms with Crippen LogP contribution in [0.5, 0.6) is 0 Å². The van der Waals surface area contributed by atoms with Gasteiger partial charge in [-0.05, 0) is 0 Å². The first-order valence-corrected chi connectivity index (χ1v) is 8.96. The molecule has 1 aliphatic rings. The zero-order valence-corrected chi connectivity index (χ0v) is 13.5. The highest BCUT2D eigenvalue weighted by Gasteiger charge is 2.32. The zero-order chi connectivity index (χ0) is 16.6. The first-order chi connectivity index (χ1) is 10.8. The van der Waals surface area contributed by atoms with Gasteiger partial charge in [0.2, 0.25) is 0 Å². The number of nitrogens with one attached hydrogen (secondary N) is 1. The molecule has 3 heterocycles. The van der Waals surface area contributed by atoms with Crippen molar-refractivity contribution in [2.45, 2.75) is 12.6 Å². The number of nitrogens with zero attached hydrogens (tertiary/aromatic N) is 3. The van der Waals surface area contributed by atoms with Crippen molar-refractivity contribution in [3.8, 4) is 0 Å². The third kappa shape index (κ3) is 3.61. The number of aromatic amines is 1. The number of hydrogen-bond acceptors (Lipinski definition) is 8. The summed E-state index contributed by atoms with van der Waals surface area (Å²) in [5, 5.41) is 10.1. The Bertz CT molecular complexity index is 806. The van der Waals surface area contributed by atoms with Gasteiger partial charge in [-0.15, -0.1) is 0 Å². The molecular formula is C13H19N5O4S. The summed E-state index contributed by atoms with van der Waals surface area (Å²) in [6.45, 7) is 1.55. The number of β-amino-alcohol motifs (C(OH)–C–C–N with tert-alkyl or cyclic N) is 1. The molecule has 9 nitrogen and oxygen atoms in total. The standard InChI is InChI=1S/C13H19N5O4S/c1-23(20,21)22-6-9-4-18(5-10(9)19)3-8-2-15-12-11(8)16-7-17-13(12)14/h2,7,9-10,15,19H,3-6H2,1H3,(H2,14,16,17)/t9-,10-/m0/s1. The van der Waals surface area contributed by atoms with E-state index in [1.165, 1.54) is 6.33 Å². The van der Waals surface area contributed by atoms with Crippen LogP contribution in [0.15, 0.2) is 12.5 Å². The van der Waals surface area contributed by atoms with Gasteiger partial charge < -0.3 is 15.8 Å². The number of fused-ring (bicyclic) bond motifs is 1. The number of aliphatic hydroxyl groups is 1. The van der Waals surface area contributed by atoms with E-state index in [0.717, 1.165) is 17.3 Å². The molecule has 0 spiro atoms. The summed E-state index contributed by atoms with van der Waals surface area (Å²) in [6, 6.07) is 0. The summed E-state index contributed by atoms with van der Waals surface area (Å²) in [5.41, 5.74) is 8.19. The van der Waals surface area contributed by atoms with Crippen molar-refractivity contribution in [1.82, 2.24) is 19.9 Å². The van der Waals surface area contributed by atoms with E-state index in [0.29, 0.717) is 31.0 Å². The van der Waals surface area contributed by atoms with Crippen molar-refractivity contribution < 1.29 is 17.7 Å². The molecule has 23 heavy (non-hydrogen) atoms. The van der Waals surface area contributed by atoms with Crippen molar-refractivity contribution >= 4 is 27.0 Å². The third-order valence-corrected chi connectivity index (χ3v) is 4.51. The molecule has 4 N–H and O–H groups in total. The fraction of sp³-hybridized carbons (Fsp3) is 0.538. The minimum atomic E-state index is -3.50. The van der Waals surface area contributed by atoms with Gasteiger partial charge >= 0.3 is 0 Å². The van der Waals surface area contributed by atoms with Crippen LogP contribution in [-0.2, 0) is 20.8 Å². The summed E-state index contributed by atoms with van der Waals surface area (Å²) in [7, 11) is -3.50. The predicted molar refractivity (Wildman–Crippen MR) is 83.9 cm³/mol. The number of aliphatic hydroxyl groups excluding tert-OH is 1. The fourth-order valence-corrected chi connectivity index (χ4v) is 3.24. The van der Waals surface area contributed by atoms with Crippen molar-refractivity contribution in [2.75, 3.05) is 31.7 Å². The highest BCUT2D eigenvalue weighted by Crippen LogP contribution is 2.24. The number of H-pyrrole nitrogens is 1. The molecule has 0 amide bonds. The lowest BCUT2D eigenvalue weighted by Gasteiger charge is -2.14. The van der Waals surface area contributed by atoms with Gasteiger partial charge in [-0.1, -0.05) is 0 Å². The third-order valence-electron chi connectivity index (χ3n) is 3.94. The van der Waals surface area contributed by atoms with Crippen LogP contribution in [0.2, 0.25) is 0 Å². The van der Waals surface area contributed by atoms with Crippen molar-refractivity contribution in [3.05, 3.63) is 18.1 Å². The maximum absolute atomic E-state index is 11.1. The van der Waals surface area contributed by atoms with E-state index < -0.39 is 16.2 Å². The SMILES string of the molecule is CS(=O)(=O)OC[C@@H]1CN(Cc2c[nH]c3c(N)ncnc23)C[C@@H]1O. The Hall–Kier alpha value is -1.75. The molecule has 0 aliphatic carbocycles. The average molecular weight is 341 g/mol. The van der Waals surface area contributed by atoms with Crippen LogP contribution < -0.4 is 5.73 Å². The van der Waals surface area contributed by atoms with Gasteiger partial charge in [0.1, 0.15) is 11.8 Å². The van der Waals surface area contributed by atoms with Gasteiger partial charge in [0.05, 0.1) is 24.5 Å². The Balaban J connectivity index is 1.68.